The summed E-state index contributed by atoms with van der Waals surface area (Å²) in [5.74, 6) is 0.825. The van der Waals surface area contributed by atoms with Crippen molar-refractivity contribution in [2.24, 2.45) is 0 Å². The molecule has 0 aliphatic carbocycles. The van der Waals surface area contributed by atoms with Gasteiger partial charge in [-0.1, -0.05) is 18.5 Å². The molecule has 2 N–H and O–H groups in total. The van der Waals surface area contributed by atoms with Gasteiger partial charge in [-0.2, -0.15) is 0 Å². The molecule has 1 saturated heterocycles. The van der Waals surface area contributed by atoms with Gasteiger partial charge in [0.2, 0.25) is 0 Å². The summed E-state index contributed by atoms with van der Waals surface area (Å²) in [5, 5.41) is 6.68. The average molecular weight is 363 g/mol. The number of benzene rings is 1. The van der Waals surface area contributed by atoms with Gasteiger partial charge in [-0.25, -0.2) is 0 Å². The van der Waals surface area contributed by atoms with Crippen molar-refractivity contribution in [1.29, 1.82) is 0 Å². The third-order valence-electron chi connectivity index (χ3n) is 3.57. The highest BCUT2D eigenvalue weighted by atomic mass is 35.5. The van der Waals surface area contributed by atoms with Gasteiger partial charge >= 0.3 is 0 Å². The van der Waals surface area contributed by atoms with Crippen molar-refractivity contribution in [1.82, 2.24) is 10.6 Å². The van der Waals surface area contributed by atoms with Crippen LogP contribution in [0.5, 0.6) is 11.5 Å². The molecule has 5 nitrogen and oxygen atoms in total. The fourth-order valence-electron chi connectivity index (χ4n) is 2.44. The molecule has 7 heteroatoms. The second kappa shape index (κ2) is 9.85. The predicted molar refractivity (Wildman–Crippen MR) is 94.4 cm³/mol. The maximum Gasteiger partial charge on any atom is 0.251 e. The van der Waals surface area contributed by atoms with Gasteiger partial charge in [-0.15, -0.1) is 12.4 Å². The first-order valence-electron chi connectivity index (χ1n) is 7.67. The van der Waals surface area contributed by atoms with E-state index in [0.717, 1.165) is 32.4 Å². The van der Waals surface area contributed by atoms with E-state index in [1.54, 1.807) is 12.1 Å². The Labute approximate surface area is 148 Å². The number of methoxy groups -OCH3 is 1. The Morgan fingerprint density at radius 1 is 1.48 bits per heavy atom. The van der Waals surface area contributed by atoms with Gasteiger partial charge in [-0.05, 0) is 37.9 Å². The van der Waals surface area contributed by atoms with Crippen LogP contribution in [0.3, 0.4) is 0 Å². The molecule has 1 aliphatic rings. The summed E-state index contributed by atoms with van der Waals surface area (Å²) in [7, 11) is 1.54. The minimum atomic E-state index is -0.143. The third-order valence-corrected chi connectivity index (χ3v) is 3.86. The Hall–Kier alpha value is -1.17. The molecule has 0 spiro atoms. The van der Waals surface area contributed by atoms with Gasteiger partial charge in [0.1, 0.15) is 0 Å². The molecule has 0 unspecified atom stereocenters. The maximum atomic E-state index is 12.4. The number of halogens is 2. The quantitative estimate of drug-likeness (QED) is 0.816. The number of nitrogens with one attached hydrogen (secondary N) is 2. The summed E-state index contributed by atoms with van der Waals surface area (Å²) in [6.07, 6.45) is 2.93. The van der Waals surface area contributed by atoms with Crippen LogP contribution in [-0.2, 0) is 0 Å². The van der Waals surface area contributed by atoms with Crippen molar-refractivity contribution >= 4 is 29.9 Å². The summed E-state index contributed by atoms with van der Waals surface area (Å²) in [6.45, 7) is 4.37. The molecular weight excluding hydrogens is 339 g/mol. The smallest absolute Gasteiger partial charge is 0.251 e. The highest BCUT2D eigenvalue weighted by molar-refractivity contribution is 6.32. The zero-order valence-corrected chi connectivity index (χ0v) is 15.1. The molecule has 1 fully saturated rings. The normalized spacial score (nSPS) is 17.1. The standard InChI is InChI=1S/C16H23ClN2O3.ClH/c1-3-7-22-15-13(17)8-11(9-14(15)21-2)16(20)19-12-5-4-6-18-10-12;/h8-9,12,18H,3-7,10H2,1-2H3,(H,19,20);1H/t12-;/m0./s1. The molecule has 1 aliphatic heterocycles. The zero-order chi connectivity index (χ0) is 15.9. The number of carbonyl (C=O) groups excluding carboxylic acids is 1. The van der Waals surface area contributed by atoms with E-state index in [2.05, 4.69) is 10.6 Å². The van der Waals surface area contributed by atoms with Crippen LogP contribution in [0.1, 0.15) is 36.5 Å². The Bertz CT molecular complexity index is 520. The molecule has 1 aromatic carbocycles. The Morgan fingerprint density at radius 2 is 2.26 bits per heavy atom. The Balaban J connectivity index is 0.00000264. The molecule has 130 valence electrons. The van der Waals surface area contributed by atoms with Gasteiger partial charge < -0.3 is 20.1 Å². The van der Waals surface area contributed by atoms with Crippen LogP contribution in [0.4, 0.5) is 0 Å². The molecule has 0 saturated carbocycles. The molecular formula is C16H24Cl2N2O3. The second-order valence-corrected chi connectivity index (χ2v) is 5.76. The number of ether oxygens (including phenoxy) is 2. The van der Waals surface area contributed by atoms with Crippen LogP contribution >= 0.6 is 24.0 Å². The highest BCUT2D eigenvalue weighted by Crippen LogP contribution is 2.36. The first-order valence-corrected chi connectivity index (χ1v) is 8.05. The number of rotatable bonds is 6. The van der Waals surface area contributed by atoms with Gasteiger partial charge in [0.25, 0.3) is 5.91 Å². The van der Waals surface area contributed by atoms with E-state index in [1.165, 1.54) is 7.11 Å². The molecule has 23 heavy (non-hydrogen) atoms. The minimum absolute atomic E-state index is 0. The van der Waals surface area contributed by atoms with Crippen LogP contribution < -0.4 is 20.1 Å². The number of hydrogen-bond acceptors (Lipinski definition) is 4. The molecule has 1 atom stereocenters. The summed E-state index contributed by atoms with van der Waals surface area (Å²) >= 11 is 6.24. The SMILES string of the molecule is CCCOc1c(Cl)cc(C(=O)N[C@H]2CCCNC2)cc1OC.Cl. The number of amides is 1. The molecule has 1 amide bonds. The third kappa shape index (κ3) is 5.44. The van der Waals surface area contributed by atoms with E-state index in [-0.39, 0.29) is 24.4 Å². The van der Waals surface area contributed by atoms with E-state index in [4.69, 9.17) is 21.1 Å². The average Bonchev–Trinajstić information content (AvgIpc) is 2.54. The lowest BCUT2D eigenvalue weighted by Crippen LogP contribution is -2.45. The summed E-state index contributed by atoms with van der Waals surface area (Å²) in [4.78, 5) is 12.4. The first kappa shape index (κ1) is 19.9. The fraction of sp³-hybridized carbons (Fsp3) is 0.562. The van der Waals surface area contributed by atoms with E-state index < -0.39 is 0 Å². The van der Waals surface area contributed by atoms with Gasteiger partial charge in [0.15, 0.2) is 11.5 Å². The van der Waals surface area contributed by atoms with Crippen molar-refractivity contribution in [2.75, 3.05) is 26.8 Å². The molecule has 0 radical (unpaired) electrons. The van der Waals surface area contributed by atoms with Crippen molar-refractivity contribution in [3.63, 3.8) is 0 Å². The van der Waals surface area contributed by atoms with Crippen LogP contribution in [0.25, 0.3) is 0 Å². The lowest BCUT2D eigenvalue weighted by atomic mass is 10.1. The van der Waals surface area contributed by atoms with Crippen molar-refractivity contribution in [2.45, 2.75) is 32.2 Å². The summed E-state index contributed by atoms with van der Waals surface area (Å²) in [6, 6.07) is 3.45. The molecule has 0 bridgehead atoms. The molecule has 0 aromatic heterocycles. The van der Waals surface area contributed by atoms with Gasteiger partial charge in [0.05, 0.1) is 18.7 Å². The first-order chi connectivity index (χ1) is 10.7. The largest absolute Gasteiger partial charge is 0.493 e. The molecule has 1 aromatic rings. The topological polar surface area (TPSA) is 59.6 Å². The maximum absolute atomic E-state index is 12.4. The van der Waals surface area contributed by atoms with Crippen molar-refractivity contribution < 1.29 is 14.3 Å². The van der Waals surface area contributed by atoms with Crippen molar-refractivity contribution in [3.8, 4) is 11.5 Å². The fourth-order valence-corrected chi connectivity index (χ4v) is 2.70. The van der Waals surface area contributed by atoms with Gasteiger partial charge in [0, 0.05) is 18.2 Å². The Morgan fingerprint density at radius 3 is 2.87 bits per heavy atom. The zero-order valence-electron chi connectivity index (χ0n) is 13.5. The molecule has 2 rings (SSSR count). The monoisotopic (exact) mass is 362 g/mol. The highest BCUT2D eigenvalue weighted by Gasteiger charge is 2.19. The lowest BCUT2D eigenvalue weighted by molar-refractivity contribution is 0.0930. The minimum Gasteiger partial charge on any atom is -0.493 e. The van der Waals surface area contributed by atoms with Crippen LogP contribution in [0.2, 0.25) is 5.02 Å². The molecule has 1 heterocycles. The van der Waals surface area contributed by atoms with Gasteiger partial charge in [-0.3, -0.25) is 4.79 Å². The van der Waals surface area contributed by atoms with E-state index in [1.807, 2.05) is 6.92 Å². The Kier molecular flexibility index (Phi) is 8.52. The van der Waals surface area contributed by atoms with E-state index >= 15 is 0 Å². The van der Waals surface area contributed by atoms with E-state index in [0.29, 0.717) is 28.7 Å². The summed E-state index contributed by atoms with van der Waals surface area (Å²) < 4.78 is 10.9. The number of carbonyl (C=O) groups is 1. The predicted octanol–water partition coefficient (Wildman–Crippen LogP) is 3.04. The second-order valence-electron chi connectivity index (χ2n) is 5.35. The summed E-state index contributed by atoms with van der Waals surface area (Å²) in [5.41, 5.74) is 0.483. The number of hydrogen-bond donors (Lipinski definition) is 2. The van der Waals surface area contributed by atoms with Crippen LogP contribution in [0, 0.1) is 0 Å². The van der Waals surface area contributed by atoms with Crippen molar-refractivity contribution in [3.05, 3.63) is 22.7 Å². The van der Waals surface area contributed by atoms with E-state index in [9.17, 15) is 4.79 Å². The van der Waals surface area contributed by atoms with Crippen LogP contribution in [0.15, 0.2) is 12.1 Å². The number of piperidine rings is 1. The van der Waals surface area contributed by atoms with Crippen LogP contribution in [-0.4, -0.2) is 38.8 Å². The lowest BCUT2D eigenvalue weighted by Gasteiger charge is -2.24.